The van der Waals surface area contributed by atoms with Gasteiger partial charge in [-0.2, -0.15) is 0 Å². The minimum absolute atomic E-state index is 0.00886. The van der Waals surface area contributed by atoms with Gasteiger partial charge in [0.1, 0.15) is 0 Å². The van der Waals surface area contributed by atoms with Crippen molar-refractivity contribution in [2.75, 3.05) is 12.4 Å². The maximum Gasteiger partial charge on any atom is 0.221 e. The van der Waals surface area contributed by atoms with E-state index in [4.69, 9.17) is 11.6 Å². The average Bonchev–Trinajstić information content (AvgIpc) is 2.86. The number of amides is 1. The Bertz CT molecular complexity index is 566. The lowest BCUT2D eigenvalue weighted by Gasteiger charge is -2.05. The first-order valence-electron chi connectivity index (χ1n) is 6.53. The lowest BCUT2D eigenvalue weighted by atomic mass is 10.1. The molecule has 0 saturated carbocycles. The lowest BCUT2D eigenvalue weighted by molar-refractivity contribution is -0.120. The summed E-state index contributed by atoms with van der Waals surface area (Å²) in [6.07, 6.45) is 1.20. The molecule has 1 N–H and O–H groups in total. The first-order valence-corrected chi connectivity index (χ1v) is 7.94. The number of hydrogen-bond donors (Lipinski definition) is 1. The molecule has 1 aromatic heterocycles. The third-order valence-corrected chi connectivity index (χ3v) is 3.89. The van der Waals surface area contributed by atoms with Gasteiger partial charge in [0.2, 0.25) is 5.91 Å². The van der Waals surface area contributed by atoms with E-state index in [0.29, 0.717) is 18.8 Å². The molecule has 106 valence electrons. The number of halogens is 1. The number of alkyl halides is 1. The number of aromatic nitrogens is 1. The van der Waals surface area contributed by atoms with Crippen LogP contribution in [0.2, 0.25) is 0 Å². The van der Waals surface area contributed by atoms with Crippen LogP contribution in [0, 0.1) is 6.92 Å². The Morgan fingerprint density at radius 3 is 2.70 bits per heavy atom. The van der Waals surface area contributed by atoms with Crippen LogP contribution >= 0.6 is 22.9 Å². The van der Waals surface area contributed by atoms with Gasteiger partial charge in [-0.05, 0) is 18.9 Å². The van der Waals surface area contributed by atoms with Crippen molar-refractivity contribution in [1.82, 2.24) is 10.3 Å². The molecular weight excluding hydrogens is 292 g/mol. The zero-order valence-electron chi connectivity index (χ0n) is 11.4. The first kappa shape index (κ1) is 15.0. The van der Waals surface area contributed by atoms with Gasteiger partial charge in [0.25, 0.3) is 0 Å². The molecule has 1 amide bonds. The second-order valence-electron chi connectivity index (χ2n) is 4.49. The maximum atomic E-state index is 11.3. The number of benzene rings is 1. The maximum absolute atomic E-state index is 11.3. The van der Waals surface area contributed by atoms with Crippen molar-refractivity contribution in [2.45, 2.75) is 19.8 Å². The topological polar surface area (TPSA) is 42.0 Å². The van der Waals surface area contributed by atoms with Crippen LogP contribution in [0.15, 0.2) is 29.6 Å². The fraction of sp³-hybridized carbons (Fsp3) is 0.333. The number of hydrogen-bond acceptors (Lipinski definition) is 3. The Balaban J connectivity index is 1.87. The van der Waals surface area contributed by atoms with E-state index in [-0.39, 0.29) is 5.91 Å². The molecule has 0 spiro atoms. The largest absolute Gasteiger partial charge is 0.356 e. The van der Waals surface area contributed by atoms with E-state index in [1.165, 1.54) is 5.56 Å². The van der Waals surface area contributed by atoms with Crippen LogP contribution in [-0.2, 0) is 11.2 Å². The van der Waals surface area contributed by atoms with Crippen LogP contribution in [0.5, 0.6) is 0 Å². The molecule has 0 aliphatic carbocycles. The van der Waals surface area contributed by atoms with Crippen molar-refractivity contribution < 1.29 is 4.79 Å². The molecular formula is C15H17ClN2OS. The highest BCUT2D eigenvalue weighted by atomic mass is 35.5. The van der Waals surface area contributed by atoms with E-state index >= 15 is 0 Å². The van der Waals surface area contributed by atoms with Gasteiger partial charge in [0.05, 0.1) is 10.7 Å². The highest BCUT2D eigenvalue weighted by molar-refractivity contribution is 7.09. The summed E-state index contributed by atoms with van der Waals surface area (Å²) in [4.78, 5) is 15.7. The van der Waals surface area contributed by atoms with Gasteiger partial charge in [-0.25, -0.2) is 4.98 Å². The molecule has 2 rings (SSSR count). The van der Waals surface area contributed by atoms with E-state index in [0.717, 1.165) is 22.7 Å². The van der Waals surface area contributed by atoms with Gasteiger partial charge >= 0.3 is 0 Å². The molecule has 0 aliphatic heterocycles. The summed E-state index contributed by atoms with van der Waals surface area (Å²) in [5.74, 6) is 0.377. The highest BCUT2D eigenvalue weighted by Crippen LogP contribution is 2.21. The molecule has 1 aromatic carbocycles. The Morgan fingerprint density at radius 1 is 1.35 bits per heavy atom. The van der Waals surface area contributed by atoms with E-state index < -0.39 is 0 Å². The van der Waals surface area contributed by atoms with Crippen LogP contribution in [0.3, 0.4) is 0 Å². The number of thiazole rings is 1. The van der Waals surface area contributed by atoms with Crippen molar-refractivity contribution in [3.05, 3.63) is 40.2 Å². The summed E-state index contributed by atoms with van der Waals surface area (Å²) in [7, 11) is 0. The third-order valence-electron chi connectivity index (χ3n) is 2.93. The number of rotatable bonds is 6. The minimum Gasteiger partial charge on any atom is -0.356 e. The molecule has 1 heterocycles. The van der Waals surface area contributed by atoms with Crippen molar-refractivity contribution in [2.24, 2.45) is 0 Å². The molecule has 0 unspecified atom stereocenters. The smallest absolute Gasteiger partial charge is 0.221 e. The van der Waals surface area contributed by atoms with E-state index in [9.17, 15) is 4.79 Å². The van der Waals surface area contributed by atoms with Gasteiger partial charge in [-0.1, -0.05) is 24.3 Å². The van der Waals surface area contributed by atoms with Gasteiger partial charge in [-0.15, -0.1) is 22.9 Å². The van der Waals surface area contributed by atoms with E-state index in [1.54, 1.807) is 11.3 Å². The molecule has 0 fully saturated rings. The van der Waals surface area contributed by atoms with Gasteiger partial charge < -0.3 is 5.32 Å². The first-order chi connectivity index (χ1) is 9.69. The van der Waals surface area contributed by atoms with Crippen molar-refractivity contribution in [1.29, 1.82) is 0 Å². The highest BCUT2D eigenvalue weighted by Gasteiger charge is 2.03. The summed E-state index contributed by atoms with van der Waals surface area (Å²) < 4.78 is 0. The number of nitrogens with one attached hydrogen (secondary N) is 1. The van der Waals surface area contributed by atoms with E-state index in [2.05, 4.69) is 39.9 Å². The van der Waals surface area contributed by atoms with Crippen molar-refractivity contribution >= 4 is 28.8 Å². The quantitative estimate of drug-likeness (QED) is 0.831. The second kappa shape index (κ2) is 7.41. The fourth-order valence-electron chi connectivity index (χ4n) is 1.86. The van der Waals surface area contributed by atoms with Gasteiger partial charge in [-0.3, -0.25) is 4.79 Å². The van der Waals surface area contributed by atoms with E-state index in [1.807, 2.05) is 6.92 Å². The summed E-state index contributed by atoms with van der Waals surface area (Å²) in [5.41, 5.74) is 3.35. The summed E-state index contributed by atoms with van der Waals surface area (Å²) in [5, 5.41) is 5.99. The Labute approximate surface area is 128 Å². The van der Waals surface area contributed by atoms with Crippen LogP contribution in [-0.4, -0.2) is 23.3 Å². The summed E-state index contributed by atoms with van der Waals surface area (Å²) in [6, 6.07) is 8.31. The second-order valence-corrected chi connectivity index (χ2v) is 5.93. The zero-order chi connectivity index (χ0) is 14.4. The number of nitrogens with zero attached hydrogens (tertiary/aromatic N) is 1. The third kappa shape index (κ3) is 4.32. The summed E-state index contributed by atoms with van der Waals surface area (Å²) in [6.45, 7) is 2.65. The molecule has 0 aliphatic rings. The van der Waals surface area contributed by atoms with Crippen LogP contribution in [0.1, 0.15) is 17.0 Å². The SMILES string of the molecule is Cc1nc(-c2ccc(CCNC(=O)CCCl)cc2)cs1. The monoisotopic (exact) mass is 308 g/mol. The van der Waals surface area contributed by atoms with Crippen LogP contribution in [0.25, 0.3) is 11.3 Å². The summed E-state index contributed by atoms with van der Waals surface area (Å²) >= 11 is 7.16. The van der Waals surface area contributed by atoms with Gasteiger partial charge in [0, 0.05) is 29.8 Å². The van der Waals surface area contributed by atoms with Gasteiger partial charge in [0.15, 0.2) is 0 Å². The molecule has 0 radical (unpaired) electrons. The molecule has 2 aromatic rings. The zero-order valence-corrected chi connectivity index (χ0v) is 12.9. The molecule has 3 nitrogen and oxygen atoms in total. The standard InChI is InChI=1S/C15H17ClN2OS/c1-11-18-14(10-20-11)13-4-2-12(3-5-13)7-9-17-15(19)6-8-16/h2-5,10H,6-9H2,1H3,(H,17,19). The average molecular weight is 309 g/mol. The Morgan fingerprint density at radius 2 is 2.10 bits per heavy atom. The lowest BCUT2D eigenvalue weighted by Crippen LogP contribution is -2.25. The van der Waals surface area contributed by atoms with Crippen molar-refractivity contribution in [3.8, 4) is 11.3 Å². The molecule has 0 bridgehead atoms. The molecule has 5 heteroatoms. The van der Waals surface area contributed by atoms with Crippen molar-refractivity contribution in [3.63, 3.8) is 0 Å². The Kier molecular flexibility index (Phi) is 5.56. The van der Waals surface area contributed by atoms with Crippen LogP contribution in [0.4, 0.5) is 0 Å². The molecule has 0 saturated heterocycles. The number of aryl methyl sites for hydroxylation is 1. The molecule has 20 heavy (non-hydrogen) atoms. The normalized spacial score (nSPS) is 10.5. The van der Waals surface area contributed by atoms with Crippen LogP contribution < -0.4 is 5.32 Å². The Hall–Kier alpha value is -1.39. The molecule has 0 atom stereocenters. The number of carbonyl (C=O) groups is 1. The number of carbonyl (C=O) groups excluding carboxylic acids is 1. The minimum atomic E-state index is 0.00886. The fourth-order valence-corrected chi connectivity index (χ4v) is 2.65. The predicted octanol–water partition coefficient (Wildman–Crippen LogP) is 3.41. The predicted molar refractivity (Wildman–Crippen MR) is 84.3 cm³/mol.